The molecule has 18 heavy (non-hydrogen) atoms. The number of piperazine rings is 1. The smallest absolute Gasteiger partial charge is 0.312 e. The molecule has 0 unspecified atom stereocenters. The number of amides is 2. The van der Waals surface area contributed by atoms with Crippen LogP contribution in [0.1, 0.15) is 12.8 Å². The third-order valence-corrected chi connectivity index (χ3v) is 3.11. The largest absolute Gasteiger partial charge is 0.333 e. The topological polar surface area (TPSA) is 64.7 Å². The number of nitrogens with one attached hydrogen (secondary N) is 2. The summed E-state index contributed by atoms with van der Waals surface area (Å²) in [6.45, 7) is 4.38. The second-order valence-electron chi connectivity index (χ2n) is 4.50. The van der Waals surface area contributed by atoms with Crippen molar-refractivity contribution in [2.45, 2.75) is 12.8 Å². The summed E-state index contributed by atoms with van der Waals surface area (Å²) in [5.74, 6) is -0.691. The molecule has 0 bridgehead atoms. The second-order valence-corrected chi connectivity index (χ2v) is 4.50. The van der Waals surface area contributed by atoms with Gasteiger partial charge in [0.2, 0.25) is 0 Å². The zero-order valence-corrected chi connectivity index (χ0v) is 11.4. The zero-order valence-electron chi connectivity index (χ0n) is 11.4. The van der Waals surface area contributed by atoms with E-state index in [2.05, 4.69) is 10.6 Å². The molecule has 1 rings (SSSR count). The van der Waals surface area contributed by atoms with Crippen LogP contribution in [0.25, 0.3) is 0 Å². The van der Waals surface area contributed by atoms with Gasteiger partial charge >= 0.3 is 11.8 Å². The van der Waals surface area contributed by atoms with E-state index in [1.54, 1.807) is 9.80 Å². The van der Waals surface area contributed by atoms with E-state index in [4.69, 9.17) is 0 Å². The first-order valence-corrected chi connectivity index (χ1v) is 6.58. The van der Waals surface area contributed by atoms with E-state index in [1.165, 1.54) is 0 Å². The molecule has 1 aliphatic heterocycles. The highest BCUT2D eigenvalue weighted by molar-refractivity contribution is 6.35. The van der Waals surface area contributed by atoms with E-state index in [0.717, 1.165) is 25.9 Å². The Balaban J connectivity index is 2.35. The van der Waals surface area contributed by atoms with Gasteiger partial charge < -0.3 is 20.4 Å². The predicted octanol–water partition coefficient (Wildman–Crippen LogP) is -1.12. The second kappa shape index (κ2) is 8.05. The summed E-state index contributed by atoms with van der Waals surface area (Å²) in [6.07, 6.45) is 1.77. The van der Waals surface area contributed by atoms with Gasteiger partial charge in [-0.1, -0.05) is 0 Å². The molecule has 6 nitrogen and oxygen atoms in total. The molecule has 104 valence electrons. The fraction of sp³-hybridized carbons (Fsp3) is 0.833. The Bertz CT molecular complexity index is 255. The van der Waals surface area contributed by atoms with Crippen LogP contribution in [0.4, 0.5) is 0 Å². The molecule has 1 fully saturated rings. The van der Waals surface area contributed by atoms with Gasteiger partial charge in [0.15, 0.2) is 0 Å². The summed E-state index contributed by atoms with van der Waals surface area (Å²) >= 11 is 0. The van der Waals surface area contributed by atoms with Crippen molar-refractivity contribution in [3.05, 3.63) is 0 Å². The van der Waals surface area contributed by atoms with Gasteiger partial charge in [-0.2, -0.15) is 0 Å². The van der Waals surface area contributed by atoms with Crippen LogP contribution >= 0.6 is 0 Å². The Hall–Kier alpha value is -1.14. The van der Waals surface area contributed by atoms with Gasteiger partial charge in [0, 0.05) is 26.2 Å². The summed E-state index contributed by atoms with van der Waals surface area (Å²) in [7, 11) is 3.76. The van der Waals surface area contributed by atoms with Gasteiger partial charge in [0.25, 0.3) is 0 Å². The number of hydrogen-bond donors (Lipinski definition) is 2. The highest BCUT2D eigenvalue weighted by atomic mass is 16.2. The van der Waals surface area contributed by atoms with E-state index in [0.29, 0.717) is 26.2 Å². The van der Waals surface area contributed by atoms with Crippen LogP contribution in [0.3, 0.4) is 0 Å². The number of hydrogen-bond acceptors (Lipinski definition) is 4. The van der Waals surface area contributed by atoms with Crippen molar-refractivity contribution in [3.63, 3.8) is 0 Å². The van der Waals surface area contributed by atoms with Crippen molar-refractivity contribution in [2.75, 3.05) is 53.4 Å². The van der Waals surface area contributed by atoms with E-state index in [9.17, 15) is 9.59 Å². The first kappa shape index (κ1) is 14.9. The Morgan fingerprint density at radius 2 is 1.28 bits per heavy atom. The van der Waals surface area contributed by atoms with Gasteiger partial charge in [-0.3, -0.25) is 9.59 Å². The molecule has 2 N–H and O–H groups in total. The van der Waals surface area contributed by atoms with Crippen LogP contribution in [0.2, 0.25) is 0 Å². The van der Waals surface area contributed by atoms with Crippen molar-refractivity contribution in [3.8, 4) is 0 Å². The average molecular weight is 256 g/mol. The third kappa shape index (κ3) is 4.27. The monoisotopic (exact) mass is 256 g/mol. The lowest BCUT2D eigenvalue weighted by Gasteiger charge is -2.33. The molecule has 2 amide bonds. The molecule has 1 saturated heterocycles. The minimum atomic E-state index is -0.346. The molecule has 0 aromatic carbocycles. The van der Waals surface area contributed by atoms with Crippen LogP contribution in [-0.2, 0) is 9.59 Å². The highest BCUT2D eigenvalue weighted by Crippen LogP contribution is 2.06. The van der Waals surface area contributed by atoms with Gasteiger partial charge in [-0.15, -0.1) is 0 Å². The lowest BCUT2D eigenvalue weighted by Crippen LogP contribution is -2.54. The molecule has 0 aromatic rings. The van der Waals surface area contributed by atoms with Crippen molar-refractivity contribution in [2.24, 2.45) is 0 Å². The number of carbonyl (C=O) groups excluding carboxylic acids is 2. The maximum absolute atomic E-state index is 11.9. The van der Waals surface area contributed by atoms with Gasteiger partial charge in [0.05, 0.1) is 0 Å². The maximum Gasteiger partial charge on any atom is 0.312 e. The molecular weight excluding hydrogens is 232 g/mol. The molecule has 0 aromatic heterocycles. The zero-order chi connectivity index (χ0) is 13.4. The summed E-state index contributed by atoms with van der Waals surface area (Å²) < 4.78 is 0. The van der Waals surface area contributed by atoms with E-state index >= 15 is 0 Å². The summed E-state index contributed by atoms with van der Waals surface area (Å²) in [6, 6.07) is 0. The first-order chi connectivity index (χ1) is 8.70. The summed E-state index contributed by atoms with van der Waals surface area (Å²) in [5, 5.41) is 6.07. The van der Waals surface area contributed by atoms with E-state index in [1.807, 2.05) is 14.1 Å². The fourth-order valence-corrected chi connectivity index (χ4v) is 2.04. The van der Waals surface area contributed by atoms with Crippen LogP contribution in [0, 0.1) is 0 Å². The number of rotatable bonds is 8. The van der Waals surface area contributed by atoms with Crippen molar-refractivity contribution in [1.82, 2.24) is 20.4 Å². The SMILES string of the molecule is CNCCCN1CCN(CCCNC)C(=O)C1=O. The normalized spacial score (nSPS) is 16.6. The fourth-order valence-electron chi connectivity index (χ4n) is 2.04. The third-order valence-electron chi connectivity index (χ3n) is 3.11. The quantitative estimate of drug-likeness (QED) is 0.426. The molecular formula is C12H24N4O2. The molecule has 1 aliphatic rings. The van der Waals surface area contributed by atoms with Crippen molar-refractivity contribution in [1.29, 1.82) is 0 Å². The summed E-state index contributed by atoms with van der Waals surface area (Å²) in [5.41, 5.74) is 0. The minimum Gasteiger partial charge on any atom is -0.333 e. The molecule has 0 spiro atoms. The van der Waals surface area contributed by atoms with Crippen molar-refractivity contribution >= 4 is 11.8 Å². The minimum absolute atomic E-state index is 0.346. The van der Waals surface area contributed by atoms with Gasteiger partial charge in [-0.25, -0.2) is 0 Å². The Labute approximate surface area is 109 Å². The molecule has 6 heteroatoms. The van der Waals surface area contributed by atoms with Crippen LogP contribution in [0.15, 0.2) is 0 Å². The maximum atomic E-state index is 11.9. The predicted molar refractivity (Wildman–Crippen MR) is 70.2 cm³/mol. The van der Waals surface area contributed by atoms with E-state index < -0.39 is 0 Å². The Kier molecular flexibility index (Phi) is 6.67. The van der Waals surface area contributed by atoms with E-state index in [-0.39, 0.29) is 11.8 Å². The summed E-state index contributed by atoms with van der Waals surface area (Å²) in [4.78, 5) is 27.0. The van der Waals surface area contributed by atoms with Crippen LogP contribution < -0.4 is 10.6 Å². The number of nitrogens with zero attached hydrogens (tertiary/aromatic N) is 2. The molecule has 0 aliphatic carbocycles. The lowest BCUT2D eigenvalue weighted by molar-refractivity contribution is -0.156. The average Bonchev–Trinajstić information content (AvgIpc) is 2.37. The standard InChI is InChI=1S/C12H24N4O2/c1-13-5-3-7-15-9-10-16(8-4-6-14-2)12(18)11(15)17/h13-14H,3-10H2,1-2H3. The molecule has 0 atom stereocenters. The Morgan fingerprint density at radius 3 is 1.61 bits per heavy atom. The van der Waals surface area contributed by atoms with Gasteiger partial charge in [-0.05, 0) is 40.0 Å². The molecule has 0 saturated carbocycles. The van der Waals surface area contributed by atoms with Gasteiger partial charge in [0.1, 0.15) is 0 Å². The lowest BCUT2D eigenvalue weighted by atomic mass is 10.2. The molecule has 1 heterocycles. The van der Waals surface area contributed by atoms with Crippen molar-refractivity contribution < 1.29 is 9.59 Å². The van der Waals surface area contributed by atoms with Crippen LogP contribution in [0.5, 0.6) is 0 Å². The number of carbonyl (C=O) groups is 2. The molecule has 0 radical (unpaired) electrons. The Morgan fingerprint density at radius 1 is 0.889 bits per heavy atom. The van der Waals surface area contributed by atoms with Crippen LogP contribution in [-0.4, -0.2) is 75.0 Å². The highest BCUT2D eigenvalue weighted by Gasteiger charge is 2.31. The first-order valence-electron chi connectivity index (χ1n) is 6.58.